The van der Waals surface area contributed by atoms with Gasteiger partial charge in [-0.1, -0.05) is 0 Å². The van der Waals surface area contributed by atoms with E-state index in [1.807, 2.05) is 0 Å². The third-order valence-corrected chi connectivity index (χ3v) is 3.82. The van der Waals surface area contributed by atoms with E-state index in [0.29, 0.717) is 0 Å². The second-order valence-corrected chi connectivity index (χ2v) is 5.20. The molecule has 3 nitrogen and oxygen atoms in total. The molecular formula is C12H25N3. The average Bonchev–Trinajstić information content (AvgIpc) is 2.74. The standard InChI is InChI=1S/C12H25N3/c1-15-7-4-11(5-8-15)9-13-10-12-3-2-6-14-12/h11-14H,2-10H2,1H3. The van der Waals surface area contributed by atoms with Gasteiger partial charge in [-0.25, -0.2) is 0 Å². The van der Waals surface area contributed by atoms with Gasteiger partial charge in [-0.05, 0) is 64.8 Å². The van der Waals surface area contributed by atoms with Crippen LogP contribution in [-0.4, -0.2) is 50.7 Å². The fourth-order valence-electron chi connectivity index (χ4n) is 2.66. The number of rotatable bonds is 4. The van der Waals surface area contributed by atoms with E-state index in [1.54, 1.807) is 0 Å². The second-order valence-electron chi connectivity index (χ2n) is 5.20. The summed E-state index contributed by atoms with van der Waals surface area (Å²) in [6.07, 6.45) is 5.48. The van der Waals surface area contributed by atoms with Crippen molar-refractivity contribution < 1.29 is 0 Å². The number of likely N-dealkylation sites (tertiary alicyclic amines) is 1. The zero-order chi connectivity index (χ0) is 10.5. The Bertz CT molecular complexity index is 170. The number of piperidine rings is 1. The maximum Gasteiger partial charge on any atom is 0.0192 e. The first-order valence-corrected chi connectivity index (χ1v) is 6.47. The van der Waals surface area contributed by atoms with Gasteiger partial charge >= 0.3 is 0 Å². The third kappa shape index (κ3) is 3.74. The van der Waals surface area contributed by atoms with Gasteiger partial charge in [0.15, 0.2) is 0 Å². The molecule has 0 aliphatic carbocycles. The van der Waals surface area contributed by atoms with E-state index in [-0.39, 0.29) is 0 Å². The SMILES string of the molecule is CN1CCC(CNCC2CCCN2)CC1. The Labute approximate surface area is 93.6 Å². The molecular weight excluding hydrogens is 186 g/mol. The van der Waals surface area contributed by atoms with Crippen LogP contribution in [0.3, 0.4) is 0 Å². The lowest BCUT2D eigenvalue weighted by Crippen LogP contribution is -2.39. The Morgan fingerprint density at radius 1 is 1.20 bits per heavy atom. The van der Waals surface area contributed by atoms with E-state index in [0.717, 1.165) is 12.0 Å². The highest BCUT2D eigenvalue weighted by molar-refractivity contribution is 4.78. The summed E-state index contributed by atoms with van der Waals surface area (Å²) in [6.45, 7) is 6.20. The fourth-order valence-corrected chi connectivity index (χ4v) is 2.66. The van der Waals surface area contributed by atoms with E-state index in [1.165, 1.54) is 58.4 Å². The zero-order valence-electron chi connectivity index (χ0n) is 9.97. The van der Waals surface area contributed by atoms with Crippen molar-refractivity contribution in [3.05, 3.63) is 0 Å². The molecule has 0 aromatic heterocycles. The van der Waals surface area contributed by atoms with Crippen molar-refractivity contribution in [2.45, 2.75) is 31.7 Å². The van der Waals surface area contributed by atoms with Gasteiger partial charge in [-0.2, -0.15) is 0 Å². The van der Waals surface area contributed by atoms with Crippen LogP contribution in [0.1, 0.15) is 25.7 Å². The lowest BCUT2D eigenvalue weighted by atomic mass is 9.97. The highest BCUT2D eigenvalue weighted by atomic mass is 15.1. The van der Waals surface area contributed by atoms with Crippen molar-refractivity contribution in [1.29, 1.82) is 0 Å². The molecule has 2 rings (SSSR count). The van der Waals surface area contributed by atoms with Gasteiger partial charge in [0.1, 0.15) is 0 Å². The van der Waals surface area contributed by atoms with Gasteiger partial charge < -0.3 is 15.5 Å². The van der Waals surface area contributed by atoms with Gasteiger partial charge in [0.2, 0.25) is 0 Å². The molecule has 88 valence electrons. The maximum absolute atomic E-state index is 3.63. The van der Waals surface area contributed by atoms with Crippen molar-refractivity contribution in [3.63, 3.8) is 0 Å². The summed E-state index contributed by atoms with van der Waals surface area (Å²) >= 11 is 0. The number of nitrogens with zero attached hydrogens (tertiary/aromatic N) is 1. The summed E-state index contributed by atoms with van der Waals surface area (Å²) in [4.78, 5) is 2.44. The summed E-state index contributed by atoms with van der Waals surface area (Å²) in [7, 11) is 2.23. The lowest BCUT2D eigenvalue weighted by Gasteiger charge is -2.29. The first-order valence-electron chi connectivity index (χ1n) is 6.47. The van der Waals surface area contributed by atoms with Crippen LogP contribution >= 0.6 is 0 Å². The van der Waals surface area contributed by atoms with E-state index in [9.17, 15) is 0 Å². The minimum absolute atomic E-state index is 0.747. The Morgan fingerprint density at radius 2 is 2.00 bits per heavy atom. The van der Waals surface area contributed by atoms with E-state index < -0.39 is 0 Å². The summed E-state index contributed by atoms with van der Waals surface area (Å²) < 4.78 is 0. The van der Waals surface area contributed by atoms with E-state index >= 15 is 0 Å². The van der Waals surface area contributed by atoms with Crippen molar-refractivity contribution in [1.82, 2.24) is 15.5 Å². The Balaban J connectivity index is 1.53. The van der Waals surface area contributed by atoms with Gasteiger partial charge in [-0.15, -0.1) is 0 Å². The first kappa shape index (κ1) is 11.4. The molecule has 0 bridgehead atoms. The van der Waals surface area contributed by atoms with E-state index in [4.69, 9.17) is 0 Å². The molecule has 2 heterocycles. The zero-order valence-corrected chi connectivity index (χ0v) is 9.97. The van der Waals surface area contributed by atoms with Gasteiger partial charge in [0.05, 0.1) is 0 Å². The molecule has 0 spiro atoms. The van der Waals surface area contributed by atoms with Gasteiger partial charge in [-0.3, -0.25) is 0 Å². The minimum atomic E-state index is 0.747. The molecule has 0 radical (unpaired) electrons. The Hall–Kier alpha value is -0.120. The molecule has 2 aliphatic heterocycles. The van der Waals surface area contributed by atoms with Crippen LogP contribution in [0.5, 0.6) is 0 Å². The van der Waals surface area contributed by atoms with Crippen LogP contribution in [0.15, 0.2) is 0 Å². The minimum Gasteiger partial charge on any atom is -0.315 e. The Kier molecular flexibility index (Phi) is 4.42. The lowest BCUT2D eigenvalue weighted by molar-refractivity contribution is 0.215. The van der Waals surface area contributed by atoms with Gasteiger partial charge in [0, 0.05) is 12.6 Å². The fraction of sp³-hybridized carbons (Fsp3) is 1.00. The molecule has 1 atom stereocenters. The number of nitrogens with one attached hydrogen (secondary N) is 2. The molecule has 15 heavy (non-hydrogen) atoms. The summed E-state index contributed by atoms with van der Waals surface area (Å²) in [5.41, 5.74) is 0. The van der Waals surface area contributed by atoms with Crippen molar-refractivity contribution >= 4 is 0 Å². The van der Waals surface area contributed by atoms with Crippen molar-refractivity contribution in [2.75, 3.05) is 39.8 Å². The molecule has 1 unspecified atom stereocenters. The molecule has 3 heteroatoms. The molecule has 2 saturated heterocycles. The highest BCUT2D eigenvalue weighted by Crippen LogP contribution is 2.14. The molecule has 2 fully saturated rings. The first-order chi connectivity index (χ1) is 7.34. The van der Waals surface area contributed by atoms with Gasteiger partial charge in [0.25, 0.3) is 0 Å². The quantitative estimate of drug-likeness (QED) is 0.716. The second kappa shape index (κ2) is 5.83. The van der Waals surface area contributed by atoms with Crippen LogP contribution < -0.4 is 10.6 Å². The number of hydrogen-bond donors (Lipinski definition) is 2. The largest absolute Gasteiger partial charge is 0.315 e. The topological polar surface area (TPSA) is 27.3 Å². The van der Waals surface area contributed by atoms with Crippen LogP contribution in [0.25, 0.3) is 0 Å². The third-order valence-electron chi connectivity index (χ3n) is 3.82. The maximum atomic E-state index is 3.63. The molecule has 2 aliphatic rings. The Morgan fingerprint density at radius 3 is 2.67 bits per heavy atom. The summed E-state index contributed by atoms with van der Waals surface area (Å²) in [5, 5.41) is 7.16. The molecule has 0 saturated carbocycles. The van der Waals surface area contributed by atoms with Crippen molar-refractivity contribution in [3.8, 4) is 0 Å². The van der Waals surface area contributed by atoms with Crippen LogP contribution in [0, 0.1) is 5.92 Å². The van der Waals surface area contributed by atoms with E-state index in [2.05, 4.69) is 22.6 Å². The summed E-state index contributed by atoms with van der Waals surface area (Å²) in [5.74, 6) is 0.919. The predicted molar refractivity (Wildman–Crippen MR) is 64.1 cm³/mol. The summed E-state index contributed by atoms with van der Waals surface area (Å²) in [6, 6.07) is 0.747. The highest BCUT2D eigenvalue weighted by Gasteiger charge is 2.17. The van der Waals surface area contributed by atoms with Crippen LogP contribution in [0.4, 0.5) is 0 Å². The van der Waals surface area contributed by atoms with Crippen LogP contribution in [-0.2, 0) is 0 Å². The molecule has 0 amide bonds. The molecule has 2 N–H and O–H groups in total. The monoisotopic (exact) mass is 211 g/mol. The average molecular weight is 211 g/mol. The normalized spacial score (nSPS) is 29.8. The smallest absolute Gasteiger partial charge is 0.0192 e. The molecule has 0 aromatic rings. The number of hydrogen-bond acceptors (Lipinski definition) is 3. The predicted octanol–water partition coefficient (Wildman–Crippen LogP) is 0.670. The van der Waals surface area contributed by atoms with Crippen LogP contribution in [0.2, 0.25) is 0 Å². The van der Waals surface area contributed by atoms with Crippen molar-refractivity contribution in [2.24, 2.45) is 5.92 Å². The molecule has 0 aromatic carbocycles.